The van der Waals surface area contributed by atoms with Crippen LogP contribution in [0.2, 0.25) is 0 Å². The van der Waals surface area contributed by atoms with Crippen molar-refractivity contribution < 1.29 is 19.4 Å². The summed E-state index contributed by atoms with van der Waals surface area (Å²) in [7, 11) is 0. The van der Waals surface area contributed by atoms with Crippen LogP contribution in [0.5, 0.6) is 5.75 Å². The molecular formula is C14H16O4. The Hall–Kier alpha value is -2.10. The molecule has 0 amide bonds. The van der Waals surface area contributed by atoms with Crippen LogP contribution in [0.15, 0.2) is 35.9 Å². The topological polar surface area (TPSA) is 63.6 Å². The lowest BCUT2D eigenvalue weighted by Gasteiger charge is -2.04. The van der Waals surface area contributed by atoms with Crippen molar-refractivity contribution in [2.24, 2.45) is 0 Å². The molecule has 18 heavy (non-hydrogen) atoms. The Kier molecular flexibility index (Phi) is 5.11. The minimum atomic E-state index is -0.949. The molecule has 0 saturated carbocycles. The molecule has 1 aromatic carbocycles. The second kappa shape index (κ2) is 6.59. The lowest BCUT2D eigenvalue weighted by Crippen LogP contribution is -2.01. The molecule has 0 spiro atoms. The molecule has 4 heteroatoms. The van der Waals surface area contributed by atoms with Gasteiger partial charge in [0.25, 0.3) is 0 Å². The molecule has 1 rings (SSSR count). The molecule has 0 radical (unpaired) electrons. The Balaban J connectivity index is 2.51. The number of carbonyl (C=O) groups excluding carboxylic acids is 1. The van der Waals surface area contributed by atoms with Crippen molar-refractivity contribution in [1.29, 1.82) is 0 Å². The summed E-state index contributed by atoms with van der Waals surface area (Å²) in [4.78, 5) is 21.4. The molecule has 0 saturated heterocycles. The lowest BCUT2D eigenvalue weighted by molar-refractivity contribution is -0.132. The summed E-state index contributed by atoms with van der Waals surface area (Å²) in [6, 6.07) is 7.18. The van der Waals surface area contributed by atoms with Crippen LogP contribution < -0.4 is 4.74 Å². The third-order valence-electron chi connectivity index (χ3n) is 2.35. The van der Waals surface area contributed by atoms with Crippen molar-refractivity contribution in [2.75, 3.05) is 6.61 Å². The van der Waals surface area contributed by atoms with E-state index in [2.05, 4.69) is 0 Å². The van der Waals surface area contributed by atoms with E-state index in [1.54, 1.807) is 19.1 Å². The van der Waals surface area contributed by atoms with Gasteiger partial charge < -0.3 is 9.84 Å². The molecule has 96 valence electrons. The maximum absolute atomic E-state index is 10.9. The van der Waals surface area contributed by atoms with Crippen LogP contribution in [-0.2, 0) is 16.0 Å². The van der Waals surface area contributed by atoms with E-state index >= 15 is 0 Å². The number of ether oxygens (including phenoxy) is 1. The number of rotatable bonds is 6. The monoisotopic (exact) mass is 248 g/mol. The van der Waals surface area contributed by atoms with E-state index in [0.29, 0.717) is 12.2 Å². The van der Waals surface area contributed by atoms with Gasteiger partial charge in [0, 0.05) is 12.0 Å². The first kappa shape index (κ1) is 14.0. The maximum Gasteiger partial charge on any atom is 0.331 e. The fourth-order valence-electron chi connectivity index (χ4n) is 1.34. The summed E-state index contributed by atoms with van der Waals surface area (Å²) in [6.45, 7) is 3.27. The van der Waals surface area contributed by atoms with Crippen LogP contribution in [0.25, 0.3) is 0 Å². The predicted molar refractivity (Wildman–Crippen MR) is 67.7 cm³/mol. The average Bonchev–Trinajstić information content (AvgIpc) is 2.30. The smallest absolute Gasteiger partial charge is 0.331 e. The van der Waals surface area contributed by atoms with Gasteiger partial charge in [-0.1, -0.05) is 12.1 Å². The number of hydrogen-bond donors (Lipinski definition) is 1. The highest BCUT2D eigenvalue weighted by molar-refractivity contribution is 5.85. The summed E-state index contributed by atoms with van der Waals surface area (Å²) in [5.41, 5.74) is 1.19. The van der Waals surface area contributed by atoms with E-state index in [1.807, 2.05) is 12.1 Å². The quantitative estimate of drug-likeness (QED) is 0.784. The van der Waals surface area contributed by atoms with Crippen molar-refractivity contribution in [3.63, 3.8) is 0 Å². The van der Waals surface area contributed by atoms with Gasteiger partial charge in [0.15, 0.2) is 0 Å². The number of hydrogen-bond acceptors (Lipinski definition) is 3. The molecule has 0 heterocycles. The van der Waals surface area contributed by atoms with E-state index < -0.39 is 5.97 Å². The van der Waals surface area contributed by atoms with Gasteiger partial charge in [-0.2, -0.15) is 0 Å². The minimum Gasteiger partial charge on any atom is -0.490 e. The summed E-state index contributed by atoms with van der Waals surface area (Å²) >= 11 is 0. The Morgan fingerprint density at radius 2 is 1.83 bits per heavy atom. The third-order valence-corrected chi connectivity index (χ3v) is 2.35. The first-order valence-corrected chi connectivity index (χ1v) is 5.60. The average molecular weight is 248 g/mol. The first-order valence-electron chi connectivity index (χ1n) is 5.60. The molecule has 4 nitrogen and oxygen atoms in total. The van der Waals surface area contributed by atoms with Gasteiger partial charge in [-0.05, 0) is 37.6 Å². The van der Waals surface area contributed by atoms with Gasteiger partial charge in [-0.25, -0.2) is 4.79 Å². The van der Waals surface area contributed by atoms with Gasteiger partial charge in [-0.3, -0.25) is 4.79 Å². The van der Waals surface area contributed by atoms with Gasteiger partial charge in [-0.15, -0.1) is 0 Å². The van der Waals surface area contributed by atoms with Crippen molar-refractivity contribution >= 4 is 11.8 Å². The zero-order valence-electron chi connectivity index (χ0n) is 10.5. The number of benzene rings is 1. The summed E-state index contributed by atoms with van der Waals surface area (Å²) in [5, 5.41) is 8.64. The summed E-state index contributed by atoms with van der Waals surface area (Å²) < 4.78 is 5.36. The van der Waals surface area contributed by atoms with Gasteiger partial charge in [0.2, 0.25) is 0 Å². The number of carboxylic acids is 1. The lowest BCUT2D eigenvalue weighted by atomic mass is 10.1. The Labute approximate surface area is 106 Å². The fourth-order valence-corrected chi connectivity index (χ4v) is 1.34. The number of Topliss-reactive ketones (excluding diaryl/α,β-unsaturated/α-hetero) is 1. The van der Waals surface area contributed by atoms with Crippen LogP contribution in [0.3, 0.4) is 0 Å². The molecule has 1 aromatic rings. The van der Waals surface area contributed by atoms with Crippen molar-refractivity contribution in [2.45, 2.75) is 20.3 Å². The zero-order chi connectivity index (χ0) is 13.5. The normalized spacial score (nSPS) is 11.1. The van der Waals surface area contributed by atoms with Gasteiger partial charge >= 0.3 is 5.97 Å². The molecule has 0 aliphatic rings. The van der Waals surface area contributed by atoms with Crippen LogP contribution in [0, 0.1) is 0 Å². The van der Waals surface area contributed by atoms with E-state index in [1.165, 1.54) is 13.0 Å². The molecule has 0 fully saturated rings. The van der Waals surface area contributed by atoms with Gasteiger partial charge in [0.05, 0.1) is 0 Å². The van der Waals surface area contributed by atoms with Crippen LogP contribution in [-0.4, -0.2) is 23.5 Å². The third kappa shape index (κ3) is 4.82. The Morgan fingerprint density at radius 1 is 1.22 bits per heavy atom. The molecule has 1 N–H and O–H groups in total. The Bertz CT molecular complexity index is 457. The fraction of sp³-hybridized carbons (Fsp3) is 0.286. The van der Waals surface area contributed by atoms with E-state index in [0.717, 1.165) is 5.56 Å². The van der Waals surface area contributed by atoms with Crippen LogP contribution in [0.4, 0.5) is 0 Å². The number of aliphatic carboxylic acids is 1. The number of carboxylic acid groups (broad SMARTS) is 1. The molecule has 0 aliphatic heterocycles. The summed E-state index contributed by atoms with van der Waals surface area (Å²) in [6.07, 6.45) is 1.92. The van der Waals surface area contributed by atoms with E-state index in [-0.39, 0.29) is 18.0 Å². The highest BCUT2D eigenvalue weighted by Gasteiger charge is 2.00. The second-order valence-electron chi connectivity index (χ2n) is 4.03. The minimum absolute atomic E-state index is 0.115. The van der Waals surface area contributed by atoms with Crippen LogP contribution >= 0.6 is 0 Å². The van der Waals surface area contributed by atoms with Crippen molar-refractivity contribution in [3.05, 3.63) is 41.5 Å². The van der Waals surface area contributed by atoms with E-state index in [4.69, 9.17) is 9.84 Å². The number of carbonyl (C=O) groups is 2. The molecule has 0 aliphatic carbocycles. The van der Waals surface area contributed by atoms with E-state index in [9.17, 15) is 9.59 Å². The van der Waals surface area contributed by atoms with Crippen molar-refractivity contribution in [3.8, 4) is 5.75 Å². The highest BCUT2D eigenvalue weighted by Crippen LogP contribution is 2.13. The van der Waals surface area contributed by atoms with Crippen molar-refractivity contribution in [1.82, 2.24) is 0 Å². The largest absolute Gasteiger partial charge is 0.490 e. The maximum atomic E-state index is 10.9. The zero-order valence-corrected chi connectivity index (χ0v) is 10.5. The molecule has 0 bridgehead atoms. The number of ketones is 1. The SMILES string of the molecule is CC(=O)Cc1ccc(OC/C=C(/C)C(=O)O)cc1. The second-order valence-corrected chi connectivity index (χ2v) is 4.03. The highest BCUT2D eigenvalue weighted by atomic mass is 16.5. The summed E-state index contributed by atoms with van der Waals surface area (Å²) in [5.74, 6) is -0.184. The molecule has 0 atom stereocenters. The molecular weight excluding hydrogens is 232 g/mol. The standard InChI is InChI=1S/C14H16O4/c1-10(14(16)17)7-8-18-13-5-3-12(4-6-13)9-11(2)15/h3-7H,8-9H2,1-2H3,(H,16,17)/b10-7-. The first-order chi connectivity index (χ1) is 8.49. The van der Waals surface area contributed by atoms with Crippen LogP contribution in [0.1, 0.15) is 19.4 Å². The Morgan fingerprint density at radius 3 is 2.33 bits per heavy atom. The van der Waals surface area contributed by atoms with Gasteiger partial charge in [0.1, 0.15) is 18.1 Å². The molecule has 0 aromatic heterocycles. The molecule has 0 unspecified atom stereocenters. The predicted octanol–water partition coefficient (Wildman–Crippen LogP) is 2.23.